The first-order valence-electron chi connectivity index (χ1n) is 7.96. The van der Waals surface area contributed by atoms with Crippen molar-refractivity contribution in [3.63, 3.8) is 0 Å². The molecule has 0 N–H and O–H groups in total. The summed E-state index contributed by atoms with van der Waals surface area (Å²) in [4.78, 5) is 30.1. The maximum atomic E-state index is 13.0. The smallest absolute Gasteiger partial charge is 0.294 e. The summed E-state index contributed by atoms with van der Waals surface area (Å²) < 4.78 is 4.50. The second-order valence-corrected chi connectivity index (χ2v) is 6.28. The highest BCUT2D eigenvalue weighted by Crippen LogP contribution is 2.29. The van der Waals surface area contributed by atoms with Crippen molar-refractivity contribution in [3.05, 3.63) is 33.0 Å². The quantitative estimate of drug-likeness (QED) is 0.794. The van der Waals surface area contributed by atoms with E-state index in [0.717, 1.165) is 11.3 Å². The second kappa shape index (κ2) is 5.47. The van der Waals surface area contributed by atoms with E-state index >= 15 is 0 Å². The van der Waals surface area contributed by atoms with Crippen LogP contribution in [0.5, 0.6) is 0 Å². The van der Waals surface area contributed by atoms with Crippen LogP contribution in [0.1, 0.15) is 33.7 Å². The molecular weight excluding hydrogens is 308 g/mol. The average Bonchev–Trinajstić information content (AvgIpc) is 2.93. The zero-order valence-corrected chi connectivity index (χ0v) is 14.7. The molecule has 0 radical (unpaired) electrons. The number of rotatable bonds is 3. The van der Waals surface area contributed by atoms with Crippen LogP contribution in [-0.4, -0.2) is 30.9 Å². The van der Waals surface area contributed by atoms with Gasteiger partial charge in [-0.05, 0) is 27.7 Å². The van der Waals surface area contributed by atoms with Gasteiger partial charge in [0.25, 0.3) is 5.56 Å². The summed E-state index contributed by atoms with van der Waals surface area (Å²) >= 11 is 0. The van der Waals surface area contributed by atoms with Gasteiger partial charge >= 0.3 is 5.69 Å². The van der Waals surface area contributed by atoms with Crippen molar-refractivity contribution in [1.82, 2.24) is 18.7 Å². The molecule has 0 aromatic carbocycles. The number of aromatic nitrogens is 4. The lowest BCUT2D eigenvalue weighted by molar-refractivity contribution is 0.629. The Morgan fingerprint density at radius 3 is 2.58 bits per heavy atom. The lowest BCUT2D eigenvalue weighted by atomic mass is 10.2. The summed E-state index contributed by atoms with van der Waals surface area (Å²) in [6, 6.07) is -0.101. The van der Waals surface area contributed by atoms with Crippen molar-refractivity contribution < 1.29 is 0 Å². The van der Waals surface area contributed by atoms with Gasteiger partial charge in [-0.2, -0.15) is 10.1 Å². The third-order valence-electron chi connectivity index (χ3n) is 4.39. The van der Waals surface area contributed by atoms with Crippen molar-refractivity contribution in [2.75, 3.05) is 11.6 Å². The predicted molar refractivity (Wildman–Crippen MR) is 94.9 cm³/mol. The molecule has 3 heterocycles. The number of hydrogen-bond donors (Lipinski definition) is 0. The van der Waals surface area contributed by atoms with Crippen LogP contribution in [0.4, 0.5) is 5.95 Å². The van der Waals surface area contributed by atoms with Crippen LogP contribution in [0.25, 0.3) is 11.2 Å². The van der Waals surface area contributed by atoms with Gasteiger partial charge in [-0.25, -0.2) is 9.80 Å². The zero-order valence-electron chi connectivity index (χ0n) is 14.7. The summed E-state index contributed by atoms with van der Waals surface area (Å²) in [5.74, 6) is 0.589. The van der Waals surface area contributed by atoms with Crippen molar-refractivity contribution >= 4 is 22.8 Å². The van der Waals surface area contributed by atoms with Crippen molar-refractivity contribution in [2.24, 2.45) is 12.1 Å². The number of hydrogen-bond acceptors (Lipinski definition) is 5. The largest absolute Gasteiger partial charge is 0.332 e. The SMILES string of the molecule is C=C(C)Cn1c(=O)c2c(nc3n2[C@H](C)C(C)=NN3CC)n(C)c1=O. The summed E-state index contributed by atoms with van der Waals surface area (Å²) in [5, 5.41) is 6.28. The van der Waals surface area contributed by atoms with Gasteiger partial charge in [0.15, 0.2) is 11.2 Å². The van der Waals surface area contributed by atoms with Gasteiger partial charge < -0.3 is 0 Å². The minimum absolute atomic E-state index is 0.101. The normalized spacial score (nSPS) is 17.1. The molecule has 128 valence electrons. The number of allylic oxidation sites excluding steroid dienone is 1. The molecule has 0 unspecified atom stereocenters. The molecule has 1 atom stereocenters. The Balaban J connectivity index is 2.45. The predicted octanol–water partition coefficient (Wildman–Crippen LogP) is 1.25. The van der Waals surface area contributed by atoms with Crippen LogP contribution in [0.2, 0.25) is 0 Å². The number of imidazole rings is 1. The van der Waals surface area contributed by atoms with E-state index in [-0.39, 0.29) is 23.8 Å². The average molecular weight is 330 g/mol. The van der Waals surface area contributed by atoms with Crippen molar-refractivity contribution in [1.29, 1.82) is 0 Å². The minimum atomic E-state index is -0.390. The Morgan fingerprint density at radius 1 is 1.33 bits per heavy atom. The van der Waals surface area contributed by atoms with Crippen molar-refractivity contribution in [3.8, 4) is 0 Å². The molecule has 8 nitrogen and oxygen atoms in total. The Kier molecular flexibility index (Phi) is 3.70. The van der Waals surface area contributed by atoms with E-state index in [0.29, 0.717) is 23.7 Å². The fraction of sp³-hybridized carbons (Fsp3) is 0.500. The van der Waals surface area contributed by atoms with Crippen LogP contribution >= 0.6 is 0 Å². The van der Waals surface area contributed by atoms with Crippen LogP contribution in [0.15, 0.2) is 26.8 Å². The van der Waals surface area contributed by atoms with Crippen LogP contribution in [0, 0.1) is 0 Å². The van der Waals surface area contributed by atoms with Gasteiger partial charge in [-0.3, -0.25) is 18.5 Å². The van der Waals surface area contributed by atoms with Crippen LogP contribution in [-0.2, 0) is 13.6 Å². The maximum absolute atomic E-state index is 13.0. The van der Waals surface area contributed by atoms with Crippen LogP contribution < -0.4 is 16.3 Å². The van der Waals surface area contributed by atoms with E-state index in [1.165, 1.54) is 9.13 Å². The zero-order chi connectivity index (χ0) is 17.8. The fourth-order valence-electron chi connectivity index (χ4n) is 3.00. The number of hydrazone groups is 1. The van der Waals surface area contributed by atoms with E-state index in [1.807, 2.05) is 25.3 Å². The molecule has 2 aromatic heterocycles. The van der Waals surface area contributed by atoms with Gasteiger partial charge in [0.05, 0.1) is 18.3 Å². The van der Waals surface area contributed by atoms with Gasteiger partial charge in [0.1, 0.15) is 0 Å². The lowest BCUT2D eigenvalue weighted by Crippen LogP contribution is -2.40. The number of aryl methyl sites for hydroxylation is 1. The third kappa shape index (κ3) is 2.13. The van der Waals surface area contributed by atoms with Crippen LogP contribution in [0.3, 0.4) is 0 Å². The Bertz CT molecular complexity index is 991. The molecule has 0 saturated heterocycles. The maximum Gasteiger partial charge on any atom is 0.332 e. The van der Waals surface area contributed by atoms with E-state index in [1.54, 1.807) is 19.0 Å². The molecular formula is C16H22N6O2. The molecule has 0 fully saturated rings. The monoisotopic (exact) mass is 330 g/mol. The molecule has 1 aliphatic heterocycles. The third-order valence-corrected chi connectivity index (χ3v) is 4.39. The van der Waals surface area contributed by atoms with E-state index in [4.69, 9.17) is 0 Å². The van der Waals surface area contributed by atoms with Gasteiger partial charge in [0, 0.05) is 13.6 Å². The van der Waals surface area contributed by atoms with Gasteiger partial charge in [0.2, 0.25) is 5.95 Å². The molecule has 3 rings (SSSR count). The van der Waals surface area contributed by atoms with Crippen molar-refractivity contribution in [2.45, 2.75) is 40.3 Å². The molecule has 2 aromatic rings. The Labute approximate surface area is 139 Å². The Morgan fingerprint density at radius 2 is 2.00 bits per heavy atom. The summed E-state index contributed by atoms with van der Waals surface area (Å²) in [6.07, 6.45) is 0. The number of fused-ring (bicyclic) bond motifs is 3. The lowest BCUT2D eigenvalue weighted by Gasteiger charge is -2.28. The molecule has 24 heavy (non-hydrogen) atoms. The molecule has 0 bridgehead atoms. The Hall–Kier alpha value is -2.64. The van der Waals surface area contributed by atoms with E-state index < -0.39 is 0 Å². The first-order chi connectivity index (χ1) is 11.3. The highest BCUT2D eigenvalue weighted by atomic mass is 16.2. The molecule has 0 amide bonds. The second-order valence-electron chi connectivity index (χ2n) is 6.28. The highest BCUT2D eigenvalue weighted by molar-refractivity contribution is 5.90. The first kappa shape index (κ1) is 16.2. The summed E-state index contributed by atoms with van der Waals surface area (Å²) in [6.45, 7) is 12.3. The number of anilines is 1. The molecule has 0 spiro atoms. The fourth-order valence-corrected chi connectivity index (χ4v) is 3.00. The minimum Gasteiger partial charge on any atom is -0.294 e. The standard InChI is InChI=1S/C16H22N6O2/c1-7-21-15-17-13-12(22(15)11(5)10(4)18-21)14(23)20(8-9(2)3)16(24)19(13)6/h11H,2,7-8H2,1,3-6H3/t11-/m1/s1. The summed E-state index contributed by atoms with van der Waals surface area (Å²) in [7, 11) is 1.63. The molecule has 0 saturated carbocycles. The summed E-state index contributed by atoms with van der Waals surface area (Å²) in [5.41, 5.74) is 1.71. The highest BCUT2D eigenvalue weighted by Gasteiger charge is 2.29. The van der Waals surface area contributed by atoms with E-state index in [2.05, 4.69) is 16.7 Å². The topological polar surface area (TPSA) is 77.4 Å². The molecule has 1 aliphatic rings. The first-order valence-corrected chi connectivity index (χ1v) is 7.96. The van der Waals surface area contributed by atoms with E-state index in [9.17, 15) is 9.59 Å². The number of nitrogens with zero attached hydrogens (tertiary/aromatic N) is 6. The molecule has 8 heteroatoms. The molecule has 0 aliphatic carbocycles. The van der Waals surface area contributed by atoms with Gasteiger partial charge in [-0.1, -0.05) is 12.2 Å². The van der Waals surface area contributed by atoms with Gasteiger partial charge in [-0.15, -0.1) is 0 Å².